The molecule has 0 radical (unpaired) electrons. The van der Waals surface area contributed by atoms with Crippen molar-refractivity contribution in [3.8, 4) is 0 Å². The Kier molecular flexibility index (Phi) is 4.58. The van der Waals surface area contributed by atoms with Gasteiger partial charge in [-0.25, -0.2) is 0 Å². The van der Waals surface area contributed by atoms with E-state index in [9.17, 15) is 4.79 Å². The molecule has 0 saturated heterocycles. The number of thioether (sulfide) groups is 1. The molecule has 98 valence electrons. The number of aromatic nitrogens is 1. The molecule has 4 heteroatoms. The highest BCUT2D eigenvalue weighted by Gasteiger charge is 2.15. The summed E-state index contributed by atoms with van der Waals surface area (Å²) in [4.78, 5) is 19.4. The zero-order valence-electron chi connectivity index (χ0n) is 11.0. The second-order valence-corrected chi connectivity index (χ2v) is 4.87. The quantitative estimate of drug-likeness (QED) is 0.799. The minimum Gasteiger partial charge on any atom is -0.307 e. The Morgan fingerprint density at radius 3 is 2.53 bits per heavy atom. The molecule has 0 aliphatic carbocycles. The molecule has 1 aromatic carbocycles. The third-order valence-corrected chi connectivity index (χ3v) is 3.60. The lowest BCUT2D eigenvalue weighted by Gasteiger charge is -2.20. The Labute approximate surface area is 117 Å². The van der Waals surface area contributed by atoms with Gasteiger partial charge in [0.1, 0.15) is 0 Å². The maximum Gasteiger partial charge on any atom is 0.258 e. The average Bonchev–Trinajstić information content (AvgIpc) is 2.49. The molecule has 0 atom stereocenters. The molecule has 0 aliphatic rings. The molecule has 3 nitrogen and oxygen atoms in total. The Morgan fingerprint density at radius 2 is 2.00 bits per heavy atom. The highest BCUT2D eigenvalue weighted by Crippen LogP contribution is 2.18. The molecule has 0 bridgehead atoms. The molecule has 1 heterocycles. The van der Waals surface area contributed by atoms with Crippen molar-refractivity contribution in [1.29, 1.82) is 0 Å². The summed E-state index contributed by atoms with van der Waals surface area (Å²) in [5.74, 6) is 0.00292. The fourth-order valence-corrected chi connectivity index (χ4v) is 2.25. The van der Waals surface area contributed by atoms with Crippen molar-refractivity contribution < 1.29 is 4.79 Å². The van der Waals surface area contributed by atoms with Crippen LogP contribution in [0.4, 0.5) is 5.69 Å². The first-order chi connectivity index (χ1) is 9.26. The summed E-state index contributed by atoms with van der Waals surface area (Å²) in [6, 6.07) is 11.4. The zero-order chi connectivity index (χ0) is 13.7. The molecular formula is C15H16N2OS. The van der Waals surface area contributed by atoms with E-state index in [0.29, 0.717) is 12.1 Å². The van der Waals surface area contributed by atoms with Crippen molar-refractivity contribution in [3.63, 3.8) is 0 Å². The number of benzene rings is 1. The topological polar surface area (TPSA) is 33.2 Å². The van der Waals surface area contributed by atoms with Crippen molar-refractivity contribution in [2.24, 2.45) is 0 Å². The normalized spacial score (nSPS) is 10.2. The van der Waals surface area contributed by atoms with Crippen molar-refractivity contribution in [1.82, 2.24) is 4.98 Å². The van der Waals surface area contributed by atoms with Crippen LogP contribution in [0.3, 0.4) is 0 Å². The van der Waals surface area contributed by atoms with Crippen LogP contribution in [0.5, 0.6) is 0 Å². The molecule has 2 aromatic rings. The lowest BCUT2D eigenvalue weighted by atomic mass is 10.2. The number of pyridine rings is 1. The van der Waals surface area contributed by atoms with Gasteiger partial charge in [0, 0.05) is 23.2 Å². The van der Waals surface area contributed by atoms with Gasteiger partial charge in [-0.3, -0.25) is 9.78 Å². The van der Waals surface area contributed by atoms with Gasteiger partial charge in [0.15, 0.2) is 0 Å². The van der Waals surface area contributed by atoms with Crippen LogP contribution in [0, 0.1) is 0 Å². The molecule has 0 saturated carbocycles. The van der Waals surface area contributed by atoms with E-state index in [0.717, 1.165) is 10.6 Å². The van der Waals surface area contributed by atoms with Crippen LogP contribution in [-0.2, 0) is 0 Å². The lowest BCUT2D eigenvalue weighted by Crippen LogP contribution is -2.30. The number of anilines is 1. The minimum absolute atomic E-state index is 0.00292. The summed E-state index contributed by atoms with van der Waals surface area (Å²) in [5, 5.41) is 0. The SMILES string of the molecule is CCN(C(=O)c1ccc(SC)cc1)c1cccnc1. The molecule has 0 aliphatic heterocycles. The fraction of sp³-hybridized carbons (Fsp3) is 0.200. The van der Waals surface area contributed by atoms with Gasteiger partial charge in [0.25, 0.3) is 5.91 Å². The van der Waals surface area contributed by atoms with Crippen LogP contribution in [0.1, 0.15) is 17.3 Å². The Hall–Kier alpha value is -1.81. The molecule has 0 fully saturated rings. The summed E-state index contributed by atoms with van der Waals surface area (Å²) in [6.45, 7) is 2.58. The van der Waals surface area contributed by atoms with Gasteiger partial charge < -0.3 is 4.90 Å². The van der Waals surface area contributed by atoms with Crippen molar-refractivity contribution in [2.45, 2.75) is 11.8 Å². The maximum atomic E-state index is 12.5. The molecule has 0 spiro atoms. The van der Waals surface area contributed by atoms with Crippen LogP contribution < -0.4 is 4.90 Å². The summed E-state index contributed by atoms with van der Waals surface area (Å²) in [5.41, 5.74) is 1.52. The number of nitrogens with zero attached hydrogens (tertiary/aromatic N) is 2. The zero-order valence-corrected chi connectivity index (χ0v) is 11.9. The number of carbonyl (C=O) groups excluding carboxylic acids is 1. The van der Waals surface area contributed by atoms with Crippen LogP contribution in [0.15, 0.2) is 53.7 Å². The van der Waals surface area contributed by atoms with Gasteiger partial charge in [0.2, 0.25) is 0 Å². The van der Waals surface area contributed by atoms with Gasteiger partial charge in [-0.15, -0.1) is 11.8 Å². The summed E-state index contributed by atoms with van der Waals surface area (Å²) in [6.07, 6.45) is 5.43. The summed E-state index contributed by atoms with van der Waals surface area (Å²) in [7, 11) is 0. The molecule has 1 aromatic heterocycles. The van der Waals surface area contributed by atoms with E-state index >= 15 is 0 Å². The predicted molar refractivity (Wildman–Crippen MR) is 79.8 cm³/mol. The molecule has 2 rings (SSSR count). The number of hydrogen-bond donors (Lipinski definition) is 0. The summed E-state index contributed by atoms with van der Waals surface area (Å²) >= 11 is 1.66. The van der Waals surface area contributed by atoms with E-state index < -0.39 is 0 Å². The second-order valence-electron chi connectivity index (χ2n) is 3.99. The van der Waals surface area contributed by atoms with Gasteiger partial charge in [-0.2, -0.15) is 0 Å². The van der Waals surface area contributed by atoms with E-state index in [4.69, 9.17) is 0 Å². The number of amides is 1. The lowest BCUT2D eigenvalue weighted by molar-refractivity contribution is 0.0988. The van der Waals surface area contributed by atoms with Crippen molar-refractivity contribution in [3.05, 3.63) is 54.4 Å². The first kappa shape index (κ1) is 13.6. The maximum absolute atomic E-state index is 12.5. The highest BCUT2D eigenvalue weighted by atomic mass is 32.2. The number of carbonyl (C=O) groups is 1. The van der Waals surface area contributed by atoms with Gasteiger partial charge in [-0.1, -0.05) is 0 Å². The van der Waals surface area contributed by atoms with Crippen LogP contribution in [0.2, 0.25) is 0 Å². The van der Waals surface area contributed by atoms with Crippen LogP contribution in [0.25, 0.3) is 0 Å². The third kappa shape index (κ3) is 3.15. The van der Waals surface area contributed by atoms with Crippen molar-refractivity contribution >= 4 is 23.4 Å². The van der Waals surface area contributed by atoms with E-state index in [-0.39, 0.29) is 5.91 Å². The van der Waals surface area contributed by atoms with Crippen molar-refractivity contribution in [2.75, 3.05) is 17.7 Å². The van der Waals surface area contributed by atoms with Gasteiger partial charge in [-0.05, 0) is 49.6 Å². The first-order valence-electron chi connectivity index (χ1n) is 6.12. The van der Waals surface area contributed by atoms with Gasteiger partial charge in [0.05, 0.1) is 11.9 Å². The second kappa shape index (κ2) is 6.38. The number of rotatable bonds is 4. The standard InChI is InChI=1S/C15H16N2OS/c1-3-17(13-5-4-10-16-11-13)15(18)12-6-8-14(19-2)9-7-12/h4-11H,3H2,1-2H3. The Morgan fingerprint density at radius 1 is 1.26 bits per heavy atom. The van der Waals surface area contributed by atoms with E-state index in [1.54, 1.807) is 29.1 Å². The molecular weight excluding hydrogens is 256 g/mol. The largest absolute Gasteiger partial charge is 0.307 e. The van der Waals surface area contributed by atoms with Gasteiger partial charge >= 0.3 is 0 Å². The minimum atomic E-state index is 0.00292. The van der Waals surface area contributed by atoms with Crippen LogP contribution in [-0.4, -0.2) is 23.7 Å². The van der Waals surface area contributed by atoms with Crippen LogP contribution >= 0.6 is 11.8 Å². The third-order valence-electron chi connectivity index (χ3n) is 2.86. The predicted octanol–water partition coefficient (Wildman–Crippen LogP) is 3.47. The first-order valence-corrected chi connectivity index (χ1v) is 7.34. The summed E-state index contributed by atoms with van der Waals surface area (Å²) < 4.78 is 0. The van der Waals surface area contributed by atoms with E-state index in [1.807, 2.05) is 49.6 Å². The monoisotopic (exact) mass is 272 g/mol. The highest BCUT2D eigenvalue weighted by molar-refractivity contribution is 7.98. The van der Waals surface area contributed by atoms with E-state index in [2.05, 4.69) is 4.98 Å². The Balaban J connectivity index is 2.25. The molecule has 0 N–H and O–H groups in total. The fourth-order valence-electron chi connectivity index (χ4n) is 1.85. The molecule has 19 heavy (non-hydrogen) atoms. The number of hydrogen-bond acceptors (Lipinski definition) is 3. The average molecular weight is 272 g/mol. The molecule has 1 amide bonds. The van der Waals surface area contributed by atoms with E-state index in [1.165, 1.54) is 0 Å². The smallest absolute Gasteiger partial charge is 0.258 e. The molecule has 0 unspecified atom stereocenters. The Bertz CT molecular complexity index is 540.